The van der Waals surface area contributed by atoms with Crippen molar-refractivity contribution in [3.8, 4) is 0 Å². The number of anilines is 1. The Hall–Kier alpha value is -2.21. The van der Waals surface area contributed by atoms with Gasteiger partial charge in [-0.05, 0) is 23.3 Å². The Morgan fingerprint density at radius 3 is 2.25 bits per heavy atom. The SMILES string of the molecule is COC(CN)CC(=O)Nc1ccc(COCc2ccccc2)cc1. The first-order valence-electron chi connectivity index (χ1n) is 7.94. The summed E-state index contributed by atoms with van der Waals surface area (Å²) in [5, 5.41) is 2.83. The molecule has 24 heavy (non-hydrogen) atoms. The molecule has 5 heteroatoms. The Kier molecular flexibility index (Phi) is 7.42. The molecule has 0 fully saturated rings. The fraction of sp³-hybridized carbons (Fsp3) is 0.316. The van der Waals surface area contributed by atoms with E-state index in [1.807, 2.05) is 54.6 Å². The molecule has 0 aliphatic carbocycles. The highest BCUT2D eigenvalue weighted by atomic mass is 16.5. The molecule has 2 rings (SSSR count). The van der Waals surface area contributed by atoms with Gasteiger partial charge >= 0.3 is 0 Å². The molecular formula is C19H24N2O3. The third-order valence-electron chi connectivity index (χ3n) is 3.63. The summed E-state index contributed by atoms with van der Waals surface area (Å²) >= 11 is 0. The number of hydrogen-bond acceptors (Lipinski definition) is 4. The van der Waals surface area contributed by atoms with Gasteiger partial charge < -0.3 is 20.5 Å². The standard InChI is InChI=1S/C19H24N2O3/c1-23-18(12-20)11-19(22)21-17-9-7-16(8-10-17)14-24-13-15-5-3-2-4-6-15/h2-10,18H,11-14,20H2,1H3,(H,21,22). The van der Waals surface area contributed by atoms with Crippen LogP contribution < -0.4 is 11.1 Å². The molecule has 0 radical (unpaired) electrons. The average Bonchev–Trinajstić information content (AvgIpc) is 2.62. The summed E-state index contributed by atoms with van der Waals surface area (Å²) in [5.74, 6) is -0.111. The lowest BCUT2D eigenvalue weighted by atomic mass is 10.2. The van der Waals surface area contributed by atoms with Crippen LogP contribution in [0, 0.1) is 0 Å². The predicted molar refractivity (Wildman–Crippen MR) is 94.5 cm³/mol. The molecule has 0 spiro atoms. The molecule has 0 aliphatic heterocycles. The first kappa shape index (κ1) is 18.1. The summed E-state index contributed by atoms with van der Waals surface area (Å²) in [6, 6.07) is 17.7. The van der Waals surface area contributed by atoms with Gasteiger partial charge in [-0.15, -0.1) is 0 Å². The Balaban J connectivity index is 1.77. The topological polar surface area (TPSA) is 73.6 Å². The molecule has 0 saturated carbocycles. The zero-order chi connectivity index (χ0) is 17.2. The van der Waals surface area contributed by atoms with Crippen LogP contribution in [-0.4, -0.2) is 25.7 Å². The van der Waals surface area contributed by atoms with E-state index < -0.39 is 0 Å². The van der Waals surface area contributed by atoms with Crippen molar-refractivity contribution in [2.24, 2.45) is 5.73 Å². The summed E-state index contributed by atoms with van der Waals surface area (Å²) < 4.78 is 10.8. The fourth-order valence-electron chi connectivity index (χ4n) is 2.23. The summed E-state index contributed by atoms with van der Waals surface area (Å²) in [6.07, 6.45) is -0.00904. The van der Waals surface area contributed by atoms with Gasteiger partial charge in [0, 0.05) is 19.3 Å². The second kappa shape index (κ2) is 9.82. The van der Waals surface area contributed by atoms with Crippen molar-refractivity contribution in [3.05, 3.63) is 65.7 Å². The largest absolute Gasteiger partial charge is 0.380 e. The quantitative estimate of drug-likeness (QED) is 0.742. The van der Waals surface area contributed by atoms with E-state index in [1.165, 1.54) is 0 Å². The minimum Gasteiger partial charge on any atom is -0.380 e. The summed E-state index contributed by atoms with van der Waals surface area (Å²) in [4.78, 5) is 11.9. The Morgan fingerprint density at radius 1 is 1.04 bits per heavy atom. The summed E-state index contributed by atoms with van der Waals surface area (Å²) in [5.41, 5.74) is 8.47. The van der Waals surface area contributed by atoms with E-state index in [9.17, 15) is 4.79 Å². The second-order valence-electron chi connectivity index (χ2n) is 5.52. The van der Waals surface area contributed by atoms with Crippen molar-refractivity contribution >= 4 is 11.6 Å². The molecule has 0 heterocycles. The number of carbonyl (C=O) groups excluding carboxylic acids is 1. The lowest BCUT2D eigenvalue weighted by Gasteiger charge is -2.12. The highest BCUT2D eigenvalue weighted by Gasteiger charge is 2.11. The van der Waals surface area contributed by atoms with Crippen LogP contribution in [0.1, 0.15) is 17.5 Å². The van der Waals surface area contributed by atoms with Crippen LogP contribution in [0.3, 0.4) is 0 Å². The van der Waals surface area contributed by atoms with Gasteiger partial charge in [-0.25, -0.2) is 0 Å². The van der Waals surface area contributed by atoms with Gasteiger partial charge in [-0.2, -0.15) is 0 Å². The smallest absolute Gasteiger partial charge is 0.227 e. The number of hydrogen-bond donors (Lipinski definition) is 2. The van der Waals surface area contributed by atoms with Gasteiger partial charge in [0.15, 0.2) is 0 Å². The van der Waals surface area contributed by atoms with E-state index in [0.29, 0.717) is 19.8 Å². The zero-order valence-electron chi connectivity index (χ0n) is 13.9. The minimum atomic E-state index is -0.254. The van der Waals surface area contributed by atoms with E-state index in [2.05, 4.69) is 5.32 Å². The maximum Gasteiger partial charge on any atom is 0.227 e. The first-order chi connectivity index (χ1) is 11.7. The third kappa shape index (κ3) is 6.12. The molecule has 1 atom stereocenters. The molecule has 0 aliphatic rings. The molecule has 5 nitrogen and oxygen atoms in total. The molecule has 0 bridgehead atoms. The molecule has 1 unspecified atom stereocenters. The molecule has 128 valence electrons. The Labute approximate surface area is 142 Å². The number of nitrogens with one attached hydrogen (secondary N) is 1. The molecule has 2 aromatic rings. The van der Waals surface area contributed by atoms with Crippen LogP contribution in [0.5, 0.6) is 0 Å². The van der Waals surface area contributed by atoms with Crippen molar-refractivity contribution in [3.63, 3.8) is 0 Å². The van der Waals surface area contributed by atoms with Gasteiger partial charge in [0.05, 0.1) is 25.7 Å². The monoisotopic (exact) mass is 328 g/mol. The number of amides is 1. The number of methoxy groups -OCH3 is 1. The van der Waals surface area contributed by atoms with Crippen LogP contribution in [0.2, 0.25) is 0 Å². The number of nitrogens with two attached hydrogens (primary N) is 1. The predicted octanol–water partition coefficient (Wildman–Crippen LogP) is 2.71. The lowest BCUT2D eigenvalue weighted by Crippen LogP contribution is -2.28. The van der Waals surface area contributed by atoms with Crippen LogP contribution >= 0.6 is 0 Å². The summed E-state index contributed by atoms with van der Waals surface area (Å²) in [7, 11) is 1.55. The number of carbonyl (C=O) groups is 1. The third-order valence-corrected chi connectivity index (χ3v) is 3.63. The number of benzene rings is 2. The van der Waals surface area contributed by atoms with Crippen molar-refractivity contribution in [2.75, 3.05) is 19.0 Å². The molecule has 3 N–H and O–H groups in total. The van der Waals surface area contributed by atoms with E-state index in [-0.39, 0.29) is 18.4 Å². The molecule has 0 saturated heterocycles. The van der Waals surface area contributed by atoms with E-state index in [4.69, 9.17) is 15.2 Å². The maximum atomic E-state index is 11.9. The van der Waals surface area contributed by atoms with Gasteiger partial charge in [0.2, 0.25) is 5.91 Å². The highest BCUT2D eigenvalue weighted by molar-refractivity contribution is 5.91. The molecule has 2 aromatic carbocycles. The van der Waals surface area contributed by atoms with Gasteiger partial charge in [0.1, 0.15) is 0 Å². The second-order valence-corrected chi connectivity index (χ2v) is 5.52. The molecular weight excluding hydrogens is 304 g/mol. The number of ether oxygens (including phenoxy) is 2. The van der Waals surface area contributed by atoms with Crippen molar-refractivity contribution in [1.82, 2.24) is 0 Å². The highest BCUT2D eigenvalue weighted by Crippen LogP contribution is 2.12. The van der Waals surface area contributed by atoms with E-state index in [0.717, 1.165) is 16.8 Å². The minimum absolute atomic E-state index is 0.111. The average molecular weight is 328 g/mol. The van der Waals surface area contributed by atoms with Gasteiger partial charge in [-0.3, -0.25) is 4.79 Å². The molecule has 0 aromatic heterocycles. The van der Waals surface area contributed by atoms with Crippen LogP contribution in [-0.2, 0) is 27.5 Å². The fourth-order valence-corrected chi connectivity index (χ4v) is 2.23. The Morgan fingerprint density at radius 2 is 1.67 bits per heavy atom. The van der Waals surface area contributed by atoms with Crippen molar-refractivity contribution in [2.45, 2.75) is 25.7 Å². The van der Waals surface area contributed by atoms with Gasteiger partial charge in [0.25, 0.3) is 0 Å². The first-order valence-corrected chi connectivity index (χ1v) is 7.94. The van der Waals surface area contributed by atoms with E-state index >= 15 is 0 Å². The number of rotatable bonds is 9. The maximum absolute atomic E-state index is 11.9. The normalized spacial score (nSPS) is 11.9. The van der Waals surface area contributed by atoms with E-state index in [1.54, 1.807) is 7.11 Å². The van der Waals surface area contributed by atoms with Gasteiger partial charge in [-0.1, -0.05) is 42.5 Å². The summed E-state index contributed by atoms with van der Waals surface area (Å²) in [6.45, 7) is 1.43. The van der Waals surface area contributed by atoms with Crippen molar-refractivity contribution < 1.29 is 14.3 Å². The van der Waals surface area contributed by atoms with Crippen LogP contribution in [0.25, 0.3) is 0 Å². The zero-order valence-corrected chi connectivity index (χ0v) is 13.9. The van der Waals surface area contributed by atoms with Crippen LogP contribution in [0.4, 0.5) is 5.69 Å². The lowest BCUT2D eigenvalue weighted by molar-refractivity contribution is -0.118. The van der Waals surface area contributed by atoms with Crippen molar-refractivity contribution in [1.29, 1.82) is 0 Å². The Bertz CT molecular complexity index is 610. The van der Waals surface area contributed by atoms with Crippen LogP contribution in [0.15, 0.2) is 54.6 Å². The molecule has 1 amide bonds.